The van der Waals surface area contributed by atoms with E-state index in [0.717, 1.165) is 29.5 Å². The number of rotatable bonds is 2. The molecule has 1 aromatic carbocycles. The summed E-state index contributed by atoms with van der Waals surface area (Å²) in [7, 11) is 0. The summed E-state index contributed by atoms with van der Waals surface area (Å²) >= 11 is 0. The zero-order valence-electron chi connectivity index (χ0n) is 9.54. The molecule has 1 N–H and O–H groups in total. The highest BCUT2D eigenvalue weighted by molar-refractivity contribution is 5.82. The Bertz CT molecular complexity index is 521. The summed E-state index contributed by atoms with van der Waals surface area (Å²) in [5.74, 6) is 0.209. The van der Waals surface area contributed by atoms with Crippen molar-refractivity contribution < 1.29 is 9.84 Å². The van der Waals surface area contributed by atoms with E-state index in [9.17, 15) is 5.11 Å². The maximum Gasteiger partial charge on any atom is 0.0882 e. The fourth-order valence-electron chi connectivity index (χ4n) is 2.53. The highest BCUT2D eigenvalue weighted by Crippen LogP contribution is 2.36. The Morgan fingerprint density at radius 1 is 1.29 bits per heavy atom. The van der Waals surface area contributed by atoms with E-state index in [-0.39, 0.29) is 18.6 Å². The lowest BCUT2D eigenvalue weighted by atomic mass is 9.94. The summed E-state index contributed by atoms with van der Waals surface area (Å²) in [5.41, 5.74) is 2.13. The van der Waals surface area contributed by atoms with Crippen molar-refractivity contribution in [3.05, 3.63) is 42.1 Å². The first-order chi connectivity index (χ1) is 8.40. The van der Waals surface area contributed by atoms with Crippen LogP contribution in [0.2, 0.25) is 0 Å². The molecule has 3 heteroatoms. The van der Waals surface area contributed by atoms with Crippen molar-refractivity contribution in [3.63, 3.8) is 0 Å². The van der Waals surface area contributed by atoms with E-state index in [0.29, 0.717) is 0 Å². The van der Waals surface area contributed by atoms with Crippen LogP contribution in [0.15, 0.2) is 36.5 Å². The molecule has 2 unspecified atom stereocenters. The quantitative estimate of drug-likeness (QED) is 0.859. The largest absolute Gasteiger partial charge is 0.396 e. The fraction of sp³-hybridized carbons (Fsp3) is 0.357. The Morgan fingerprint density at radius 3 is 3.06 bits per heavy atom. The molecule has 0 saturated carbocycles. The Hall–Kier alpha value is -1.45. The number of hydrogen-bond acceptors (Lipinski definition) is 3. The first-order valence-corrected chi connectivity index (χ1v) is 5.96. The molecule has 1 aromatic heterocycles. The second-order valence-electron chi connectivity index (χ2n) is 4.44. The number of nitrogens with zero attached hydrogens (tertiary/aromatic N) is 1. The molecule has 17 heavy (non-hydrogen) atoms. The van der Waals surface area contributed by atoms with Gasteiger partial charge < -0.3 is 9.84 Å². The number of benzene rings is 1. The number of aliphatic hydroxyl groups excluding tert-OH is 1. The van der Waals surface area contributed by atoms with Crippen molar-refractivity contribution in [3.8, 4) is 0 Å². The molecule has 2 atom stereocenters. The summed E-state index contributed by atoms with van der Waals surface area (Å²) in [6.07, 6.45) is 2.75. The lowest BCUT2D eigenvalue weighted by molar-refractivity contribution is 0.0731. The second kappa shape index (κ2) is 4.43. The summed E-state index contributed by atoms with van der Waals surface area (Å²) in [6, 6.07) is 10.1. The average Bonchev–Trinajstić information content (AvgIpc) is 2.86. The van der Waals surface area contributed by atoms with Gasteiger partial charge in [-0.15, -0.1) is 0 Å². The van der Waals surface area contributed by atoms with E-state index in [1.807, 2.05) is 30.5 Å². The maximum absolute atomic E-state index is 9.37. The van der Waals surface area contributed by atoms with E-state index < -0.39 is 0 Å². The molecular weight excluding hydrogens is 214 g/mol. The number of para-hydroxylation sites is 1. The van der Waals surface area contributed by atoms with Crippen LogP contribution < -0.4 is 0 Å². The van der Waals surface area contributed by atoms with Gasteiger partial charge in [0.05, 0.1) is 11.6 Å². The molecule has 0 bridgehead atoms. The van der Waals surface area contributed by atoms with Crippen LogP contribution in [0, 0.1) is 5.92 Å². The minimum Gasteiger partial charge on any atom is -0.396 e. The van der Waals surface area contributed by atoms with E-state index >= 15 is 0 Å². The van der Waals surface area contributed by atoms with Gasteiger partial charge in [0.15, 0.2) is 0 Å². The minimum absolute atomic E-state index is 0.00731. The van der Waals surface area contributed by atoms with Crippen LogP contribution in [0.3, 0.4) is 0 Å². The van der Waals surface area contributed by atoms with Crippen molar-refractivity contribution in [2.75, 3.05) is 13.2 Å². The monoisotopic (exact) mass is 229 g/mol. The van der Waals surface area contributed by atoms with Gasteiger partial charge in [-0.3, -0.25) is 4.98 Å². The summed E-state index contributed by atoms with van der Waals surface area (Å²) < 4.78 is 5.76. The highest BCUT2D eigenvalue weighted by atomic mass is 16.5. The second-order valence-corrected chi connectivity index (χ2v) is 4.44. The first-order valence-electron chi connectivity index (χ1n) is 5.96. The number of fused-ring (bicyclic) bond motifs is 1. The summed E-state index contributed by atoms with van der Waals surface area (Å²) in [4.78, 5) is 4.35. The maximum atomic E-state index is 9.37. The van der Waals surface area contributed by atoms with Gasteiger partial charge in [-0.25, -0.2) is 0 Å². The molecule has 1 fully saturated rings. The Kier molecular flexibility index (Phi) is 2.79. The molecule has 0 amide bonds. The number of aliphatic hydroxyl groups is 1. The third-order valence-corrected chi connectivity index (χ3v) is 3.44. The standard InChI is InChI=1S/C14H15NO2/c16-9-10-6-8-17-14(10)12-5-7-15-13-4-2-1-3-11(12)13/h1-5,7,10,14,16H,6,8-9H2. The van der Waals surface area contributed by atoms with E-state index in [2.05, 4.69) is 11.1 Å². The van der Waals surface area contributed by atoms with Crippen molar-refractivity contribution in [2.45, 2.75) is 12.5 Å². The van der Waals surface area contributed by atoms with Gasteiger partial charge in [0.2, 0.25) is 0 Å². The number of ether oxygens (including phenoxy) is 1. The van der Waals surface area contributed by atoms with Crippen LogP contribution in [-0.4, -0.2) is 23.3 Å². The lowest BCUT2D eigenvalue weighted by Crippen LogP contribution is -2.12. The number of hydrogen-bond donors (Lipinski definition) is 1. The van der Waals surface area contributed by atoms with Gasteiger partial charge in [0.25, 0.3) is 0 Å². The zero-order valence-corrected chi connectivity index (χ0v) is 9.54. The highest BCUT2D eigenvalue weighted by Gasteiger charge is 2.30. The van der Waals surface area contributed by atoms with Crippen LogP contribution in [0.5, 0.6) is 0 Å². The summed E-state index contributed by atoms with van der Waals surface area (Å²) in [5, 5.41) is 10.5. The van der Waals surface area contributed by atoms with Gasteiger partial charge in [-0.05, 0) is 24.1 Å². The molecule has 2 heterocycles. The zero-order chi connectivity index (χ0) is 11.7. The normalized spacial score (nSPS) is 24.3. The third kappa shape index (κ3) is 1.81. The molecule has 0 radical (unpaired) electrons. The Balaban J connectivity index is 2.10. The summed E-state index contributed by atoms with van der Waals surface area (Å²) in [6.45, 7) is 0.911. The number of pyridine rings is 1. The van der Waals surface area contributed by atoms with Gasteiger partial charge in [-0.2, -0.15) is 0 Å². The molecule has 88 valence electrons. The van der Waals surface area contributed by atoms with Gasteiger partial charge >= 0.3 is 0 Å². The van der Waals surface area contributed by atoms with Crippen molar-refractivity contribution in [1.82, 2.24) is 4.98 Å². The Morgan fingerprint density at radius 2 is 2.18 bits per heavy atom. The molecule has 1 aliphatic rings. The fourth-order valence-corrected chi connectivity index (χ4v) is 2.53. The van der Waals surface area contributed by atoms with Gasteiger partial charge in [0, 0.05) is 30.7 Å². The Labute approximate surface area is 100 Å². The molecule has 2 aromatic rings. The number of aromatic nitrogens is 1. The molecule has 1 saturated heterocycles. The third-order valence-electron chi connectivity index (χ3n) is 3.44. The van der Waals surface area contributed by atoms with Crippen LogP contribution >= 0.6 is 0 Å². The van der Waals surface area contributed by atoms with Crippen molar-refractivity contribution in [2.24, 2.45) is 5.92 Å². The minimum atomic E-state index is 0.00731. The lowest BCUT2D eigenvalue weighted by Gasteiger charge is -2.18. The van der Waals surface area contributed by atoms with Crippen LogP contribution in [0.4, 0.5) is 0 Å². The SMILES string of the molecule is OCC1CCOC1c1ccnc2ccccc12. The molecular formula is C14H15NO2. The van der Waals surface area contributed by atoms with Crippen molar-refractivity contribution in [1.29, 1.82) is 0 Å². The van der Waals surface area contributed by atoms with Crippen LogP contribution in [0.25, 0.3) is 10.9 Å². The van der Waals surface area contributed by atoms with Crippen molar-refractivity contribution >= 4 is 10.9 Å². The molecule has 0 spiro atoms. The first kappa shape index (κ1) is 10.7. The van der Waals surface area contributed by atoms with E-state index in [1.165, 1.54) is 0 Å². The van der Waals surface area contributed by atoms with Crippen LogP contribution in [0.1, 0.15) is 18.1 Å². The van der Waals surface area contributed by atoms with Crippen LogP contribution in [-0.2, 0) is 4.74 Å². The topological polar surface area (TPSA) is 42.4 Å². The van der Waals surface area contributed by atoms with Gasteiger partial charge in [0.1, 0.15) is 0 Å². The predicted octanol–water partition coefficient (Wildman–Crippen LogP) is 2.30. The smallest absolute Gasteiger partial charge is 0.0882 e. The van der Waals surface area contributed by atoms with E-state index in [1.54, 1.807) is 0 Å². The van der Waals surface area contributed by atoms with E-state index in [4.69, 9.17) is 4.74 Å². The predicted molar refractivity (Wildman–Crippen MR) is 65.6 cm³/mol. The average molecular weight is 229 g/mol. The molecule has 1 aliphatic heterocycles. The molecule has 3 rings (SSSR count). The molecule has 3 nitrogen and oxygen atoms in total. The molecule has 0 aliphatic carbocycles. The van der Waals surface area contributed by atoms with Gasteiger partial charge in [-0.1, -0.05) is 18.2 Å².